The van der Waals surface area contributed by atoms with Crippen molar-refractivity contribution in [2.75, 3.05) is 57.2 Å². The van der Waals surface area contributed by atoms with E-state index in [-0.39, 0.29) is 27.7 Å². The zero-order valence-corrected chi connectivity index (χ0v) is 22.1. The average molecular weight is 538 g/mol. The van der Waals surface area contributed by atoms with Crippen LogP contribution in [0, 0.1) is 0 Å². The van der Waals surface area contributed by atoms with Crippen molar-refractivity contribution in [2.24, 2.45) is 0 Å². The Morgan fingerprint density at radius 2 is 1.63 bits per heavy atom. The Hall–Kier alpha value is -3.95. The summed E-state index contributed by atoms with van der Waals surface area (Å²) in [6.07, 6.45) is 1.46. The number of rotatable bonds is 6. The lowest BCUT2D eigenvalue weighted by atomic mass is 9.98. The van der Waals surface area contributed by atoms with Gasteiger partial charge in [0.05, 0.1) is 36.6 Å². The number of Topliss-reactive ketones (excluding diaryl/α,β-unsaturated/α-hetero) is 1. The molecule has 0 aliphatic carbocycles. The van der Waals surface area contributed by atoms with Gasteiger partial charge in [0.1, 0.15) is 29.1 Å². The third kappa shape index (κ3) is 4.48. The predicted octanol–water partition coefficient (Wildman–Crippen LogP) is 4.33. The zero-order chi connectivity index (χ0) is 27.0. The third-order valence-corrected chi connectivity index (χ3v) is 7.28. The molecular formula is C28H28ClN3O6. The highest BCUT2D eigenvalue weighted by molar-refractivity contribution is 6.51. The summed E-state index contributed by atoms with van der Waals surface area (Å²) in [6.45, 7) is 3.74. The molecule has 3 heterocycles. The lowest BCUT2D eigenvalue weighted by Gasteiger charge is -2.34. The van der Waals surface area contributed by atoms with Crippen LogP contribution < -0.4 is 19.3 Å². The molecule has 5 rings (SSSR count). The van der Waals surface area contributed by atoms with Crippen molar-refractivity contribution >= 4 is 40.4 Å². The summed E-state index contributed by atoms with van der Waals surface area (Å²) in [7, 11) is 4.95. The number of piperazine rings is 1. The minimum absolute atomic E-state index is 0.129. The lowest BCUT2D eigenvalue weighted by Crippen LogP contribution is -2.44. The monoisotopic (exact) mass is 537 g/mol. The Bertz CT molecular complexity index is 1380. The van der Waals surface area contributed by atoms with E-state index in [1.165, 1.54) is 37.5 Å². The molecule has 1 N–H and O–H groups in total. The minimum Gasteiger partial charge on any atom is -0.507 e. The normalized spacial score (nSPS) is 19.7. The highest BCUT2D eigenvalue weighted by Gasteiger charge is 2.48. The van der Waals surface area contributed by atoms with Gasteiger partial charge < -0.3 is 28.8 Å². The molecule has 0 saturated carbocycles. The van der Waals surface area contributed by atoms with Gasteiger partial charge in [-0.2, -0.15) is 0 Å². The van der Waals surface area contributed by atoms with Crippen LogP contribution in [0.5, 0.6) is 11.5 Å². The fourth-order valence-corrected chi connectivity index (χ4v) is 5.12. The van der Waals surface area contributed by atoms with Gasteiger partial charge in [0.2, 0.25) is 0 Å². The molecule has 1 unspecified atom stereocenters. The van der Waals surface area contributed by atoms with Gasteiger partial charge in [-0.3, -0.25) is 14.5 Å². The summed E-state index contributed by atoms with van der Waals surface area (Å²) < 4.78 is 16.4. The molecule has 2 aliphatic rings. The van der Waals surface area contributed by atoms with Crippen molar-refractivity contribution in [1.82, 2.24) is 4.90 Å². The molecule has 1 atom stereocenters. The number of benzene rings is 2. The molecule has 2 saturated heterocycles. The number of carbonyl (C=O) groups excluding carboxylic acids is 2. The van der Waals surface area contributed by atoms with Gasteiger partial charge in [-0.1, -0.05) is 11.6 Å². The van der Waals surface area contributed by atoms with Gasteiger partial charge in [0, 0.05) is 43.6 Å². The highest BCUT2D eigenvalue weighted by Crippen LogP contribution is 2.45. The second kappa shape index (κ2) is 10.4. The maximum absolute atomic E-state index is 13.4. The SMILES string of the molecule is COc1cc(/C(O)=C2\C(=O)C(=O)N(c3ccc(N4CCN(C)CC4)cc3)C2c2ccco2)c(OC)cc1Cl. The van der Waals surface area contributed by atoms with Crippen LogP contribution in [-0.2, 0) is 9.59 Å². The summed E-state index contributed by atoms with van der Waals surface area (Å²) in [4.78, 5) is 32.7. The fraction of sp³-hybridized carbons (Fsp3) is 0.286. The van der Waals surface area contributed by atoms with Crippen molar-refractivity contribution < 1.29 is 28.6 Å². The molecule has 3 aromatic rings. The van der Waals surface area contributed by atoms with Gasteiger partial charge in [-0.05, 0) is 49.5 Å². The standard InChI is InChI=1S/C28H28ClN3O6/c1-30-10-12-31(13-11-30)17-6-8-18(9-7-17)32-25(21-5-4-14-38-21)24(27(34)28(32)35)26(33)19-15-23(37-3)20(29)16-22(19)36-2/h4-9,14-16,25,33H,10-13H2,1-3H3/b26-24+. The largest absolute Gasteiger partial charge is 0.507 e. The number of methoxy groups -OCH3 is 2. The second-order valence-electron chi connectivity index (χ2n) is 9.18. The molecule has 198 valence electrons. The molecule has 38 heavy (non-hydrogen) atoms. The molecule has 2 fully saturated rings. The summed E-state index contributed by atoms with van der Waals surface area (Å²) in [6, 6.07) is 12.8. The lowest BCUT2D eigenvalue weighted by molar-refractivity contribution is -0.132. The number of furan rings is 1. The van der Waals surface area contributed by atoms with Crippen LogP contribution in [0.2, 0.25) is 5.02 Å². The maximum Gasteiger partial charge on any atom is 0.300 e. The van der Waals surface area contributed by atoms with E-state index in [0.29, 0.717) is 11.4 Å². The van der Waals surface area contributed by atoms with Crippen molar-refractivity contribution in [1.29, 1.82) is 0 Å². The van der Waals surface area contributed by atoms with E-state index in [1.54, 1.807) is 24.3 Å². The van der Waals surface area contributed by atoms with Crippen molar-refractivity contribution in [3.8, 4) is 11.5 Å². The number of ether oxygens (including phenoxy) is 2. The van der Waals surface area contributed by atoms with Crippen LogP contribution in [0.25, 0.3) is 5.76 Å². The maximum atomic E-state index is 13.4. The summed E-state index contributed by atoms with van der Waals surface area (Å²) in [5, 5.41) is 11.7. The molecule has 0 spiro atoms. The quantitative estimate of drug-likeness (QED) is 0.282. The first kappa shape index (κ1) is 25.7. The van der Waals surface area contributed by atoms with Gasteiger partial charge in [0.15, 0.2) is 0 Å². The number of halogens is 1. The number of hydrogen-bond donors (Lipinski definition) is 1. The van der Waals surface area contributed by atoms with E-state index < -0.39 is 23.5 Å². The fourth-order valence-electron chi connectivity index (χ4n) is 4.89. The van der Waals surface area contributed by atoms with E-state index in [9.17, 15) is 14.7 Å². The number of hydrogen-bond acceptors (Lipinski definition) is 8. The van der Waals surface area contributed by atoms with Gasteiger partial charge in [0.25, 0.3) is 11.7 Å². The molecule has 0 radical (unpaired) electrons. The Balaban J connectivity index is 1.59. The number of nitrogens with zero attached hydrogens (tertiary/aromatic N) is 3. The topological polar surface area (TPSA) is 95.7 Å². The van der Waals surface area contributed by atoms with Crippen LogP contribution in [0.1, 0.15) is 17.4 Å². The van der Waals surface area contributed by atoms with Gasteiger partial charge in [-0.15, -0.1) is 0 Å². The number of carbonyl (C=O) groups is 2. The van der Waals surface area contributed by atoms with Crippen LogP contribution >= 0.6 is 11.6 Å². The summed E-state index contributed by atoms with van der Waals surface area (Å²) >= 11 is 6.23. The van der Waals surface area contributed by atoms with E-state index in [1.807, 2.05) is 12.1 Å². The molecule has 0 bridgehead atoms. The van der Waals surface area contributed by atoms with E-state index in [2.05, 4.69) is 16.8 Å². The number of aliphatic hydroxyl groups is 1. The summed E-state index contributed by atoms with van der Waals surface area (Å²) in [5.41, 5.74) is 1.57. The number of aliphatic hydroxyl groups excluding tert-OH is 1. The number of amides is 1. The molecule has 2 aliphatic heterocycles. The average Bonchev–Trinajstić information content (AvgIpc) is 3.55. The Kier molecular flexibility index (Phi) is 7.05. The molecule has 10 heteroatoms. The van der Waals surface area contributed by atoms with Crippen molar-refractivity contribution in [3.63, 3.8) is 0 Å². The van der Waals surface area contributed by atoms with Crippen molar-refractivity contribution in [3.05, 3.63) is 76.7 Å². The summed E-state index contributed by atoms with van der Waals surface area (Å²) in [5.74, 6) is -1.23. The van der Waals surface area contributed by atoms with E-state index in [4.69, 9.17) is 25.5 Å². The van der Waals surface area contributed by atoms with E-state index >= 15 is 0 Å². The zero-order valence-electron chi connectivity index (χ0n) is 21.3. The number of ketones is 1. The molecule has 1 amide bonds. The highest BCUT2D eigenvalue weighted by atomic mass is 35.5. The second-order valence-corrected chi connectivity index (χ2v) is 9.59. The molecular weight excluding hydrogens is 510 g/mol. The third-order valence-electron chi connectivity index (χ3n) is 6.98. The van der Waals surface area contributed by atoms with Gasteiger partial charge in [-0.25, -0.2) is 0 Å². The molecule has 2 aromatic carbocycles. The first-order chi connectivity index (χ1) is 18.3. The van der Waals surface area contributed by atoms with E-state index in [0.717, 1.165) is 31.9 Å². The van der Waals surface area contributed by atoms with Crippen molar-refractivity contribution in [2.45, 2.75) is 6.04 Å². The smallest absolute Gasteiger partial charge is 0.300 e. The Morgan fingerprint density at radius 3 is 2.24 bits per heavy atom. The first-order valence-corrected chi connectivity index (χ1v) is 12.5. The molecule has 1 aromatic heterocycles. The predicted molar refractivity (Wildman–Crippen MR) is 144 cm³/mol. The van der Waals surface area contributed by atoms with Crippen LogP contribution in [-0.4, -0.2) is 69.1 Å². The van der Waals surface area contributed by atoms with Crippen LogP contribution in [0.4, 0.5) is 11.4 Å². The van der Waals surface area contributed by atoms with Crippen LogP contribution in [0.3, 0.4) is 0 Å². The minimum atomic E-state index is -0.995. The number of likely N-dealkylation sites (N-methyl/N-ethyl adjacent to an activating group) is 1. The Labute approximate surface area is 225 Å². The number of anilines is 2. The first-order valence-electron chi connectivity index (χ1n) is 12.1. The Morgan fingerprint density at radius 1 is 0.974 bits per heavy atom. The van der Waals surface area contributed by atoms with Crippen LogP contribution in [0.15, 0.2) is 64.8 Å². The molecule has 9 nitrogen and oxygen atoms in total. The van der Waals surface area contributed by atoms with Gasteiger partial charge >= 0.3 is 0 Å².